The lowest BCUT2D eigenvalue weighted by Crippen LogP contribution is -2.67. The Morgan fingerprint density at radius 2 is 1.67 bits per heavy atom. The molecule has 1 rings (SSSR count). The van der Waals surface area contributed by atoms with Crippen LogP contribution in [0.2, 0.25) is 0 Å². The average Bonchev–Trinajstić information content (AvgIpc) is 1.95. The van der Waals surface area contributed by atoms with E-state index in [-0.39, 0.29) is 11.1 Å². The van der Waals surface area contributed by atoms with Crippen LogP contribution in [0.5, 0.6) is 0 Å². The first-order chi connectivity index (χ1) is 6.60. The molecule has 0 spiro atoms. The van der Waals surface area contributed by atoms with Crippen LogP contribution >= 0.6 is 0 Å². The van der Waals surface area contributed by atoms with Crippen LogP contribution in [0.3, 0.4) is 0 Å². The summed E-state index contributed by atoms with van der Waals surface area (Å²) in [5, 5.41) is 13.7. The maximum absolute atomic E-state index is 11.6. The van der Waals surface area contributed by atoms with Crippen molar-refractivity contribution in [2.45, 2.75) is 57.2 Å². The molecule has 15 heavy (non-hydrogen) atoms. The fourth-order valence-corrected chi connectivity index (χ4v) is 2.82. The molecule has 0 bridgehead atoms. The summed E-state index contributed by atoms with van der Waals surface area (Å²) < 4.78 is 0. The van der Waals surface area contributed by atoms with Crippen LogP contribution < -0.4 is 16.6 Å². The number of nitrogens with one attached hydrogen (secondary N) is 2. The van der Waals surface area contributed by atoms with Gasteiger partial charge in [0.05, 0.1) is 0 Å². The van der Waals surface area contributed by atoms with Gasteiger partial charge in [0.25, 0.3) is 5.91 Å². The van der Waals surface area contributed by atoms with Gasteiger partial charge in [-0.3, -0.25) is 10.2 Å². The number of hydrogen-bond donors (Lipinski definition) is 4. The number of aliphatic hydroxyl groups is 1. The molecule has 1 aliphatic rings. The summed E-state index contributed by atoms with van der Waals surface area (Å²) in [5.41, 5.74) is 0.0747. The van der Waals surface area contributed by atoms with E-state index in [0.717, 1.165) is 0 Å². The lowest BCUT2D eigenvalue weighted by molar-refractivity contribution is -0.149. The van der Waals surface area contributed by atoms with E-state index in [4.69, 9.17) is 5.84 Å². The number of rotatable bonds is 1. The number of carbonyl (C=O) groups is 1. The van der Waals surface area contributed by atoms with Crippen molar-refractivity contribution in [3.05, 3.63) is 0 Å². The molecule has 0 aromatic carbocycles. The zero-order chi connectivity index (χ0) is 11.9. The molecule has 88 valence electrons. The van der Waals surface area contributed by atoms with Crippen molar-refractivity contribution in [2.24, 2.45) is 5.84 Å². The smallest absolute Gasteiger partial charge is 0.265 e. The maximum atomic E-state index is 11.6. The number of piperidine rings is 1. The van der Waals surface area contributed by atoms with Crippen molar-refractivity contribution in [1.29, 1.82) is 0 Å². The van der Waals surface area contributed by atoms with Crippen molar-refractivity contribution in [1.82, 2.24) is 10.7 Å². The summed E-state index contributed by atoms with van der Waals surface area (Å²) in [6.07, 6.45) is 0.707. The summed E-state index contributed by atoms with van der Waals surface area (Å²) in [7, 11) is 0. The Hall–Kier alpha value is -0.650. The Kier molecular flexibility index (Phi) is 2.84. The zero-order valence-corrected chi connectivity index (χ0v) is 9.85. The molecule has 1 saturated heterocycles. The second-order valence-corrected chi connectivity index (χ2v) is 5.75. The molecule has 5 heteroatoms. The molecule has 0 aromatic rings. The lowest BCUT2D eigenvalue weighted by atomic mass is 9.72. The topological polar surface area (TPSA) is 87.4 Å². The molecule has 0 radical (unpaired) electrons. The van der Waals surface area contributed by atoms with Crippen molar-refractivity contribution in [3.8, 4) is 0 Å². The van der Waals surface area contributed by atoms with Crippen molar-refractivity contribution in [3.63, 3.8) is 0 Å². The van der Waals surface area contributed by atoms with Crippen LogP contribution in [-0.2, 0) is 4.79 Å². The highest BCUT2D eigenvalue weighted by atomic mass is 16.3. The number of hydrogen-bond acceptors (Lipinski definition) is 4. The minimum atomic E-state index is -1.38. The molecule has 0 atom stereocenters. The standard InChI is InChI=1S/C10H21N3O2/c1-8(2)5-10(15,7(14)12-11)6-9(3,4)13-8/h13,15H,5-6,11H2,1-4H3,(H,12,14). The van der Waals surface area contributed by atoms with Gasteiger partial charge >= 0.3 is 0 Å². The molecule has 1 amide bonds. The van der Waals surface area contributed by atoms with Gasteiger partial charge in [0, 0.05) is 23.9 Å². The fourth-order valence-electron chi connectivity index (χ4n) is 2.82. The molecular formula is C10H21N3O2. The van der Waals surface area contributed by atoms with E-state index in [9.17, 15) is 9.90 Å². The minimum Gasteiger partial charge on any atom is -0.380 e. The van der Waals surface area contributed by atoms with E-state index in [1.165, 1.54) is 0 Å². The molecule has 0 unspecified atom stereocenters. The third-order valence-corrected chi connectivity index (χ3v) is 2.70. The molecular weight excluding hydrogens is 194 g/mol. The summed E-state index contributed by atoms with van der Waals surface area (Å²) in [4.78, 5) is 11.6. The molecule has 0 saturated carbocycles. The molecule has 0 aromatic heterocycles. The van der Waals surface area contributed by atoms with Gasteiger partial charge in [0.1, 0.15) is 5.60 Å². The van der Waals surface area contributed by atoms with Crippen molar-refractivity contribution < 1.29 is 9.90 Å². The Balaban J connectivity index is 2.97. The van der Waals surface area contributed by atoms with Crippen LogP contribution in [0.15, 0.2) is 0 Å². The Morgan fingerprint density at radius 3 is 2.00 bits per heavy atom. The van der Waals surface area contributed by atoms with Gasteiger partial charge in [-0.15, -0.1) is 0 Å². The molecule has 5 nitrogen and oxygen atoms in total. The third kappa shape index (κ3) is 2.68. The van der Waals surface area contributed by atoms with E-state index in [2.05, 4.69) is 5.32 Å². The number of nitrogens with two attached hydrogens (primary N) is 1. The van der Waals surface area contributed by atoms with E-state index < -0.39 is 11.5 Å². The quantitative estimate of drug-likeness (QED) is 0.273. The van der Waals surface area contributed by atoms with E-state index >= 15 is 0 Å². The van der Waals surface area contributed by atoms with Crippen LogP contribution in [0.1, 0.15) is 40.5 Å². The summed E-state index contributed by atoms with van der Waals surface area (Å²) in [6, 6.07) is 0. The zero-order valence-electron chi connectivity index (χ0n) is 9.85. The Bertz CT molecular complexity index is 258. The molecule has 1 fully saturated rings. The average molecular weight is 215 g/mol. The van der Waals surface area contributed by atoms with Gasteiger partial charge in [0.15, 0.2) is 0 Å². The molecule has 1 aliphatic heterocycles. The summed E-state index contributed by atoms with van der Waals surface area (Å²) in [6.45, 7) is 7.84. The van der Waals surface area contributed by atoms with Gasteiger partial charge < -0.3 is 10.4 Å². The molecule has 0 aliphatic carbocycles. The fraction of sp³-hybridized carbons (Fsp3) is 0.900. The monoisotopic (exact) mass is 215 g/mol. The predicted octanol–water partition coefficient (Wildman–Crippen LogP) is -0.352. The first kappa shape index (κ1) is 12.4. The summed E-state index contributed by atoms with van der Waals surface area (Å²) in [5.74, 6) is 4.58. The largest absolute Gasteiger partial charge is 0.380 e. The Morgan fingerprint density at radius 1 is 1.27 bits per heavy atom. The van der Waals surface area contributed by atoms with Gasteiger partial charge in [-0.1, -0.05) is 0 Å². The molecule has 1 heterocycles. The Labute approximate surface area is 90.4 Å². The second-order valence-electron chi connectivity index (χ2n) is 5.75. The number of carbonyl (C=O) groups excluding carboxylic acids is 1. The molecule has 5 N–H and O–H groups in total. The van der Waals surface area contributed by atoms with Crippen molar-refractivity contribution >= 4 is 5.91 Å². The maximum Gasteiger partial charge on any atom is 0.265 e. The van der Waals surface area contributed by atoms with E-state index in [0.29, 0.717) is 12.8 Å². The van der Waals surface area contributed by atoms with Gasteiger partial charge in [-0.2, -0.15) is 0 Å². The van der Waals surface area contributed by atoms with Crippen LogP contribution in [0.25, 0.3) is 0 Å². The highest BCUT2D eigenvalue weighted by molar-refractivity contribution is 5.84. The van der Waals surface area contributed by atoms with E-state index in [1.54, 1.807) is 0 Å². The first-order valence-corrected chi connectivity index (χ1v) is 5.13. The first-order valence-electron chi connectivity index (χ1n) is 5.13. The van der Waals surface area contributed by atoms with Crippen LogP contribution in [0.4, 0.5) is 0 Å². The highest BCUT2D eigenvalue weighted by Gasteiger charge is 2.50. The normalized spacial score (nSPS) is 27.1. The van der Waals surface area contributed by atoms with Crippen LogP contribution in [-0.4, -0.2) is 27.7 Å². The predicted molar refractivity (Wildman–Crippen MR) is 57.8 cm³/mol. The number of hydrazine groups is 1. The van der Waals surface area contributed by atoms with E-state index in [1.807, 2.05) is 33.1 Å². The second kappa shape index (κ2) is 3.43. The van der Waals surface area contributed by atoms with Crippen LogP contribution in [0, 0.1) is 0 Å². The lowest BCUT2D eigenvalue weighted by Gasteiger charge is -2.49. The van der Waals surface area contributed by atoms with Gasteiger partial charge in [-0.25, -0.2) is 5.84 Å². The number of amides is 1. The third-order valence-electron chi connectivity index (χ3n) is 2.70. The van der Waals surface area contributed by atoms with Gasteiger partial charge in [-0.05, 0) is 27.7 Å². The highest BCUT2D eigenvalue weighted by Crippen LogP contribution is 2.35. The minimum absolute atomic E-state index is 0.289. The summed E-state index contributed by atoms with van der Waals surface area (Å²) >= 11 is 0. The SMILES string of the molecule is CC1(C)CC(O)(C(=O)NN)CC(C)(C)N1. The van der Waals surface area contributed by atoms with Crippen molar-refractivity contribution in [2.75, 3.05) is 0 Å². The van der Waals surface area contributed by atoms with Gasteiger partial charge in [0.2, 0.25) is 0 Å².